The highest BCUT2D eigenvalue weighted by atomic mass is 19.4. The Kier molecular flexibility index (Phi) is 6.54. The van der Waals surface area contributed by atoms with E-state index in [1.807, 2.05) is 24.3 Å². The fourth-order valence-electron chi connectivity index (χ4n) is 7.61. The molecule has 0 N–H and O–H groups in total. The van der Waals surface area contributed by atoms with Crippen molar-refractivity contribution in [3.8, 4) is 28.6 Å². The second-order valence-electron chi connectivity index (χ2n) is 12.6. The lowest BCUT2D eigenvalue weighted by Crippen LogP contribution is -2.10. The zero-order valence-corrected chi connectivity index (χ0v) is 26.9. The molecule has 0 bridgehead atoms. The first-order valence-corrected chi connectivity index (χ1v) is 15.8. The molecular formula is C42H30F3N3. The van der Waals surface area contributed by atoms with Crippen molar-refractivity contribution >= 4 is 43.6 Å². The Labute approximate surface area is 275 Å². The second-order valence-corrected chi connectivity index (χ2v) is 12.6. The maximum Gasteiger partial charge on any atom is 0.417 e. The van der Waals surface area contributed by atoms with E-state index in [2.05, 4.69) is 91.4 Å². The highest BCUT2D eigenvalue weighted by Gasteiger charge is 2.34. The summed E-state index contributed by atoms with van der Waals surface area (Å²) in [5, 5.41) is 14.9. The molecule has 0 spiro atoms. The molecule has 6 aromatic carbocycles. The number of benzene rings is 6. The SMILES string of the molecule is Cc1cccc2c3cccc(C)c3n(-c3cc(C#N)c(-c4ccccc4C(F)(F)F)cc3-n3c4c(C)cccc4c4cccc(C)c43)c12. The van der Waals surface area contributed by atoms with E-state index in [-0.39, 0.29) is 16.7 Å². The molecule has 8 aromatic rings. The van der Waals surface area contributed by atoms with Gasteiger partial charge < -0.3 is 9.13 Å². The van der Waals surface area contributed by atoms with Crippen molar-refractivity contribution in [1.82, 2.24) is 9.13 Å². The van der Waals surface area contributed by atoms with Gasteiger partial charge in [0, 0.05) is 27.1 Å². The summed E-state index contributed by atoms with van der Waals surface area (Å²) in [5.74, 6) is 0. The first kappa shape index (κ1) is 29.6. The lowest BCUT2D eigenvalue weighted by Gasteiger charge is -2.22. The molecule has 8 rings (SSSR count). The third-order valence-corrected chi connectivity index (χ3v) is 9.67. The van der Waals surface area contributed by atoms with Crippen LogP contribution in [0.15, 0.2) is 109 Å². The largest absolute Gasteiger partial charge is 0.417 e. The van der Waals surface area contributed by atoms with Crippen LogP contribution in [0, 0.1) is 39.0 Å². The van der Waals surface area contributed by atoms with Gasteiger partial charge in [-0.2, -0.15) is 18.4 Å². The molecular weight excluding hydrogens is 603 g/mol. The summed E-state index contributed by atoms with van der Waals surface area (Å²) in [6, 6.07) is 36.2. The van der Waals surface area contributed by atoms with E-state index in [4.69, 9.17) is 0 Å². The molecule has 0 saturated carbocycles. The number of alkyl halides is 3. The molecule has 2 heterocycles. The second kappa shape index (κ2) is 10.6. The van der Waals surface area contributed by atoms with Crippen molar-refractivity contribution < 1.29 is 13.2 Å². The third kappa shape index (κ3) is 4.21. The van der Waals surface area contributed by atoms with E-state index in [0.29, 0.717) is 11.4 Å². The molecule has 0 radical (unpaired) electrons. The number of halogens is 3. The first-order valence-electron chi connectivity index (χ1n) is 15.8. The van der Waals surface area contributed by atoms with Gasteiger partial charge in [-0.25, -0.2) is 0 Å². The van der Waals surface area contributed by atoms with Gasteiger partial charge in [-0.1, -0.05) is 91.0 Å². The van der Waals surface area contributed by atoms with E-state index in [9.17, 15) is 18.4 Å². The number of nitriles is 1. The highest BCUT2D eigenvalue weighted by Crippen LogP contribution is 2.45. The maximum atomic E-state index is 14.5. The van der Waals surface area contributed by atoms with Crippen molar-refractivity contribution in [2.45, 2.75) is 33.9 Å². The van der Waals surface area contributed by atoms with Gasteiger partial charge >= 0.3 is 6.18 Å². The number of hydrogen-bond donors (Lipinski definition) is 0. The number of hydrogen-bond acceptors (Lipinski definition) is 1. The normalized spacial score (nSPS) is 12.0. The van der Waals surface area contributed by atoms with Gasteiger partial charge in [0.05, 0.1) is 50.6 Å². The van der Waals surface area contributed by atoms with Gasteiger partial charge in [0.1, 0.15) is 0 Å². The summed E-state index contributed by atoms with van der Waals surface area (Å²) in [7, 11) is 0. The molecule has 6 heteroatoms. The molecule has 0 unspecified atom stereocenters. The van der Waals surface area contributed by atoms with E-state index in [1.54, 1.807) is 18.2 Å². The summed E-state index contributed by atoms with van der Waals surface area (Å²) in [5.41, 5.74) is 9.08. The van der Waals surface area contributed by atoms with Crippen molar-refractivity contribution in [3.63, 3.8) is 0 Å². The van der Waals surface area contributed by atoms with Gasteiger partial charge in [-0.05, 0) is 73.7 Å². The van der Waals surface area contributed by atoms with Crippen molar-refractivity contribution in [2.75, 3.05) is 0 Å². The zero-order chi connectivity index (χ0) is 33.5. The van der Waals surface area contributed by atoms with Gasteiger partial charge in [0.25, 0.3) is 0 Å². The Morgan fingerprint density at radius 3 is 1.29 bits per heavy atom. The van der Waals surface area contributed by atoms with Crippen LogP contribution in [0.1, 0.15) is 33.4 Å². The zero-order valence-electron chi connectivity index (χ0n) is 26.9. The van der Waals surface area contributed by atoms with Gasteiger partial charge in [0.15, 0.2) is 0 Å². The Morgan fingerprint density at radius 2 is 0.896 bits per heavy atom. The van der Waals surface area contributed by atoms with Crippen LogP contribution in [-0.4, -0.2) is 9.13 Å². The van der Waals surface area contributed by atoms with E-state index >= 15 is 0 Å². The minimum absolute atomic E-state index is 0.0295. The standard InChI is InChI=1S/C42H30F3N3/c1-24-11-7-16-30-31-17-8-12-25(2)39(31)47(38(24)30)36-21-28(23-46)34(29-15-5-6-20-35(29)42(43,44)45)22-37(36)48-40-26(3)13-9-18-32(40)33-19-10-14-27(4)41(33)48/h5-22H,1-4H3. The quantitative estimate of drug-likeness (QED) is 0.191. The van der Waals surface area contributed by atoms with Crippen LogP contribution in [0.5, 0.6) is 0 Å². The van der Waals surface area contributed by atoms with Crippen molar-refractivity contribution in [2.24, 2.45) is 0 Å². The van der Waals surface area contributed by atoms with E-state index in [0.717, 1.165) is 71.9 Å². The summed E-state index contributed by atoms with van der Waals surface area (Å²) >= 11 is 0. The molecule has 234 valence electrons. The Balaban J connectivity index is 1.65. The fourth-order valence-corrected chi connectivity index (χ4v) is 7.61. The fraction of sp³-hybridized carbons (Fsp3) is 0.119. The lowest BCUT2D eigenvalue weighted by atomic mass is 9.94. The molecule has 3 nitrogen and oxygen atoms in total. The number of para-hydroxylation sites is 4. The molecule has 0 saturated heterocycles. The molecule has 48 heavy (non-hydrogen) atoms. The first-order chi connectivity index (χ1) is 23.1. The molecule has 2 aromatic heterocycles. The van der Waals surface area contributed by atoms with Gasteiger partial charge in [-0.3, -0.25) is 0 Å². The molecule has 0 aliphatic carbocycles. The highest BCUT2D eigenvalue weighted by molar-refractivity contribution is 6.13. The summed E-state index contributed by atoms with van der Waals surface area (Å²) < 4.78 is 47.9. The summed E-state index contributed by atoms with van der Waals surface area (Å²) in [4.78, 5) is 0. The van der Waals surface area contributed by atoms with Gasteiger partial charge in [-0.15, -0.1) is 0 Å². The average molecular weight is 634 g/mol. The van der Waals surface area contributed by atoms with Crippen LogP contribution in [0.4, 0.5) is 13.2 Å². The predicted molar refractivity (Wildman–Crippen MR) is 189 cm³/mol. The number of aryl methyl sites for hydroxylation is 4. The van der Waals surface area contributed by atoms with Crippen molar-refractivity contribution in [1.29, 1.82) is 5.26 Å². The minimum Gasteiger partial charge on any atom is -0.307 e. The lowest BCUT2D eigenvalue weighted by molar-refractivity contribution is -0.137. The van der Waals surface area contributed by atoms with Crippen LogP contribution in [0.2, 0.25) is 0 Å². The van der Waals surface area contributed by atoms with E-state index in [1.165, 1.54) is 12.1 Å². The van der Waals surface area contributed by atoms with E-state index < -0.39 is 11.7 Å². The number of rotatable bonds is 3. The number of aromatic nitrogens is 2. The van der Waals surface area contributed by atoms with Gasteiger partial charge in [0.2, 0.25) is 0 Å². The molecule has 0 atom stereocenters. The average Bonchev–Trinajstić information content (AvgIpc) is 3.60. The molecule has 0 fully saturated rings. The maximum absolute atomic E-state index is 14.5. The molecule has 0 aliphatic rings. The van der Waals surface area contributed by atoms with Crippen LogP contribution in [-0.2, 0) is 6.18 Å². The molecule has 0 amide bonds. The van der Waals surface area contributed by atoms with Crippen molar-refractivity contribution in [3.05, 3.63) is 143 Å². The van der Waals surface area contributed by atoms with Crippen LogP contribution in [0.3, 0.4) is 0 Å². The number of fused-ring (bicyclic) bond motifs is 6. The predicted octanol–water partition coefficient (Wildman–Crippen LogP) is 11.7. The third-order valence-electron chi connectivity index (χ3n) is 9.67. The Bertz CT molecular complexity index is 2540. The van der Waals surface area contributed by atoms with Crippen LogP contribution >= 0.6 is 0 Å². The monoisotopic (exact) mass is 633 g/mol. The minimum atomic E-state index is -4.61. The molecule has 0 aliphatic heterocycles. The smallest absolute Gasteiger partial charge is 0.307 e. The summed E-state index contributed by atoms with van der Waals surface area (Å²) in [6.45, 7) is 8.26. The topological polar surface area (TPSA) is 33.6 Å². The van der Waals surface area contributed by atoms with Crippen LogP contribution < -0.4 is 0 Å². The van der Waals surface area contributed by atoms with Crippen LogP contribution in [0.25, 0.3) is 66.1 Å². The summed E-state index contributed by atoms with van der Waals surface area (Å²) in [6.07, 6.45) is -4.61. The Morgan fingerprint density at radius 1 is 0.500 bits per heavy atom. The Hall–Kier alpha value is -5.80. The number of nitrogens with zero attached hydrogens (tertiary/aromatic N) is 3.